The monoisotopic (exact) mass is 326 g/mol. The number of hydrogen-bond acceptors (Lipinski definition) is 2. The van der Waals surface area contributed by atoms with Gasteiger partial charge in [-0.2, -0.15) is 0 Å². The predicted octanol–water partition coefficient (Wildman–Crippen LogP) is 5.08. The van der Waals surface area contributed by atoms with Crippen LogP contribution in [0.2, 0.25) is 0 Å². The first-order valence-electron chi connectivity index (χ1n) is 10.0. The van der Waals surface area contributed by atoms with E-state index in [0.717, 1.165) is 23.5 Å². The number of nitrogens with zero attached hydrogens (tertiary/aromatic N) is 1. The van der Waals surface area contributed by atoms with E-state index in [4.69, 9.17) is 4.74 Å². The molecule has 136 valence electrons. The third-order valence-electron chi connectivity index (χ3n) is 5.48. The van der Waals surface area contributed by atoms with Crippen LogP contribution in [-0.4, -0.2) is 43.7 Å². The largest absolute Gasteiger partial charge is 0.460 e. The van der Waals surface area contributed by atoms with Crippen LogP contribution in [0.4, 0.5) is 0 Å². The molecule has 1 rings (SSSR count). The normalized spacial score (nSPS) is 16.5. The molecule has 0 amide bonds. The molecule has 23 heavy (non-hydrogen) atoms. The Morgan fingerprint density at radius 1 is 0.957 bits per heavy atom. The highest BCUT2D eigenvalue weighted by Gasteiger charge is 2.29. The van der Waals surface area contributed by atoms with Crippen LogP contribution in [0.25, 0.3) is 0 Å². The molecule has 0 N–H and O–H groups in total. The van der Waals surface area contributed by atoms with Gasteiger partial charge in [-0.15, -0.1) is 0 Å². The van der Waals surface area contributed by atoms with Crippen molar-refractivity contribution in [1.29, 1.82) is 0 Å². The lowest BCUT2D eigenvalue weighted by atomic mass is 9.93. The van der Waals surface area contributed by atoms with Crippen LogP contribution < -0.4 is 0 Å². The fraction of sp³-hybridized carbons (Fsp3) is 0.950. The number of hydrogen-bond donors (Lipinski definition) is 0. The van der Waals surface area contributed by atoms with Crippen molar-refractivity contribution in [2.24, 2.45) is 0 Å². The van der Waals surface area contributed by atoms with Gasteiger partial charge in [-0.3, -0.25) is 4.79 Å². The molecule has 0 bridgehead atoms. The van der Waals surface area contributed by atoms with Gasteiger partial charge in [0.1, 0.15) is 13.2 Å². The minimum Gasteiger partial charge on any atom is -0.460 e. The van der Waals surface area contributed by atoms with E-state index in [0.29, 0.717) is 13.0 Å². The molecule has 0 saturated heterocycles. The fourth-order valence-corrected chi connectivity index (χ4v) is 3.66. The second-order valence-corrected chi connectivity index (χ2v) is 7.89. The molecule has 1 aliphatic rings. The molecule has 0 unspecified atom stereocenters. The molecule has 0 atom stereocenters. The molecule has 0 aromatic carbocycles. The summed E-state index contributed by atoms with van der Waals surface area (Å²) in [6.07, 6.45) is 16.1. The van der Waals surface area contributed by atoms with Gasteiger partial charge in [0.2, 0.25) is 0 Å². The molecule has 3 heteroatoms. The van der Waals surface area contributed by atoms with E-state index in [1.54, 1.807) is 0 Å². The van der Waals surface area contributed by atoms with Gasteiger partial charge in [0.25, 0.3) is 0 Å². The highest BCUT2D eigenvalue weighted by Crippen LogP contribution is 2.25. The maximum atomic E-state index is 11.8. The van der Waals surface area contributed by atoms with E-state index in [9.17, 15) is 4.79 Å². The summed E-state index contributed by atoms with van der Waals surface area (Å²) in [6.45, 7) is 3.77. The number of unbranched alkanes of at least 4 members (excludes halogenated alkanes) is 6. The van der Waals surface area contributed by atoms with E-state index in [2.05, 4.69) is 21.0 Å². The van der Waals surface area contributed by atoms with Gasteiger partial charge in [0.05, 0.1) is 20.1 Å². The van der Waals surface area contributed by atoms with E-state index < -0.39 is 0 Å². The minimum absolute atomic E-state index is 0.00204. The quantitative estimate of drug-likeness (QED) is 0.284. The Labute approximate surface area is 144 Å². The van der Waals surface area contributed by atoms with Gasteiger partial charge in [-0.25, -0.2) is 0 Å². The van der Waals surface area contributed by atoms with E-state index >= 15 is 0 Å². The molecule has 1 fully saturated rings. The number of likely N-dealkylation sites (N-methyl/N-ethyl adjacent to an activating group) is 1. The molecular weight excluding hydrogens is 286 g/mol. The van der Waals surface area contributed by atoms with Crippen molar-refractivity contribution in [3.63, 3.8) is 0 Å². The summed E-state index contributed by atoms with van der Waals surface area (Å²) in [4.78, 5) is 11.8. The third-order valence-corrected chi connectivity index (χ3v) is 5.48. The molecule has 1 saturated carbocycles. The highest BCUT2D eigenvalue weighted by molar-refractivity contribution is 5.69. The van der Waals surface area contributed by atoms with Crippen molar-refractivity contribution in [3.8, 4) is 0 Å². The van der Waals surface area contributed by atoms with Gasteiger partial charge < -0.3 is 9.22 Å². The van der Waals surface area contributed by atoms with Crippen molar-refractivity contribution in [3.05, 3.63) is 0 Å². The molecule has 0 aromatic rings. The van der Waals surface area contributed by atoms with Crippen LogP contribution in [0.15, 0.2) is 0 Å². The van der Waals surface area contributed by atoms with Gasteiger partial charge in [-0.1, -0.05) is 51.9 Å². The summed E-state index contributed by atoms with van der Waals surface area (Å²) in [5, 5.41) is 0. The summed E-state index contributed by atoms with van der Waals surface area (Å²) in [7, 11) is 4.58. The molecule has 0 aromatic heterocycles. The first-order chi connectivity index (χ1) is 11.1. The smallest absolute Gasteiger partial charge is 0.305 e. The summed E-state index contributed by atoms with van der Waals surface area (Å²) >= 11 is 0. The van der Waals surface area contributed by atoms with E-state index in [1.807, 2.05) is 0 Å². The summed E-state index contributed by atoms with van der Waals surface area (Å²) in [5.41, 5.74) is 0. The van der Waals surface area contributed by atoms with Crippen LogP contribution in [0.3, 0.4) is 0 Å². The summed E-state index contributed by atoms with van der Waals surface area (Å²) in [6, 6.07) is 0.755. The lowest BCUT2D eigenvalue weighted by Crippen LogP contribution is -2.51. The molecule has 0 spiro atoms. The van der Waals surface area contributed by atoms with Crippen LogP contribution >= 0.6 is 0 Å². The Bertz CT molecular complexity index is 309. The lowest BCUT2D eigenvalue weighted by Gasteiger charge is -2.40. The van der Waals surface area contributed by atoms with Gasteiger partial charge in [0, 0.05) is 6.42 Å². The molecular formula is C20H40NO2+. The van der Waals surface area contributed by atoms with E-state index in [-0.39, 0.29) is 5.97 Å². The van der Waals surface area contributed by atoms with Crippen molar-refractivity contribution in [1.82, 2.24) is 0 Å². The number of rotatable bonds is 12. The average molecular weight is 327 g/mol. The van der Waals surface area contributed by atoms with Crippen LogP contribution in [0.1, 0.15) is 90.4 Å². The summed E-state index contributed by atoms with van der Waals surface area (Å²) < 4.78 is 6.46. The van der Waals surface area contributed by atoms with Crippen molar-refractivity contribution in [2.45, 2.75) is 96.4 Å². The van der Waals surface area contributed by atoms with Gasteiger partial charge in [-0.05, 0) is 32.1 Å². The SMILES string of the molecule is CCCCCCCCCC(=O)OCC[N+](C)(C)C1CCCCC1. The number of ether oxygens (including phenoxy) is 1. The average Bonchev–Trinajstić information content (AvgIpc) is 2.54. The Kier molecular flexibility index (Phi) is 10.6. The Hall–Kier alpha value is -0.570. The summed E-state index contributed by atoms with van der Waals surface area (Å²) in [5.74, 6) is 0.00204. The zero-order valence-corrected chi connectivity index (χ0v) is 15.9. The maximum Gasteiger partial charge on any atom is 0.305 e. The molecule has 1 aliphatic carbocycles. The van der Waals surface area contributed by atoms with Crippen LogP contribution in [0.5, 0.6) is 0 Å². The second-order valence-electron chi connectivity index (χ2n) is 7.89. The van der Waals surface area contributed by atoms with E-state index in [1.165, 1.54) is 70.6 Å². The van der Waals surface area contributed by atoms with Gasteiger partial charge >= 0.3 is 5.97 Å². The standard InChI is InChI=1S/C20H40NO2/c1-4-5-6-7-8-9-13-16-20(22)23-18-17-21(2,3)19-14-11-10-12-15-19/h19H,4-18H2,1-3H3/q+1. The third kappa shape index (κ3) is 9.34. The molecule has 0 radical (unpaired) electrons. The number of carbonyl (C=O) groups excluding carboxylic acids is 1. The Morgan fingerprint density at radius 2 is 1.57 bits per heavy atom. The number of carbonyl (C=O) groups is 1. The Morgan fingerprint density at radius 3 is 2.22 bits per heavy atom. The Balaban J connectivity index is 2.02. The minimum atomic E-state index is 0.00204. The zero-order valence-electron chi connectivity index (χ0n) is 15.9. The fourth-order valence-electron chi connectivity index (χ4n) is 3.66. The topological polar surface area (TPSA) is 26.3 Å². The van der Waals surface area contributed by atoms with Crippen molar-refractivity contribution in [2.75, 3.05) is 27.2 Å². The molecule has 0 heterocycles. The highest BCUT2D eigenvalue weighted by atomic mass is 16.5. The van der Waals surface area contributed by atoms with Crippen LogP contribution in [-0.2, 0) is 9.53 Å². The first-order valence-corrected chi connectivity index (χ1v) is 10.0. The van der Waals surface area contributed by atoms with Crippen molar-refractivity contribution < 1.29 is 14.0 Å². The second kappa shape index (κ2) is 11.9. The zero-order chi connectivity index (χ0) is 17.0. The first kappa shape index (κ1) is 20.5. The number of quaternary nitrogens is 1. The predicted molar refractivity (Wildman–Crippen MR) is 97.4 cm³/mol. The van der Waals surface area contributed by atoms with Gasteiger partial charge in [0.15, 0.2) is 0 Å². The maximum absolute atomic E-state index is 11.8. The number of esters is 1. The lowest BCUT2D eigenvalue weighted by molar-refractivity contribution is -0.916. The van der Waals surface area contributed by atoms with Crippen LogP contribution in [0, 0.1) is 0 Å². The molecule has 3 nitrogen and oxygen atoms in total. The van der Waals surface area contributed by atoms with Crippen molar-refractivity contribution >= 4 is 5.97 Å². The molecule has 0 aliphatic heterocycles.